The lowest BCUT2D eigenvalue weighted by molar-refractivity contribution is 0.356. The molecule has 0 saturated carbocycles. The molecule has 0 bridgehead atoms. The molecule has 2 rings (SSSR count). The van der Waals surface area contributed by atoms with Crippen LogP contribution in [0.25, 0.3) is 0 Å². The predicted octanol–water partition coefficient (Wildman–Crippen LogP) is 1.96. The van der Waals surface area contributed by atoms with Crippen molar-refractivity contribution in [2.24, 2.45) is 5.92 Å². The zero-order valence-electron chi connectivity index (χ0n) is 9.66. The lowest BCUT2D eigenvalue weighted by Gasteiger charge is -2.22. The minimum atomic E-state index is 0. The normalized spacial score (nSPS) is 17.1. The van der Waals surface area contributed by atoms with Crippen molar-refractivity contribution >= 4 is 23.7 Å². The molecule has 3 nitrogen and oxygen atoms in total. The molecule has 2 N–H and O–H groups in total. The van der Waals surface area contributed by atoms with Gasteiger partial charge < -0.3 is 10.6 Å². The Morgan fingerprint density at radius 3 is 2.88 bits per heavy atom. The van der Waals surface area contributed by atoms with Gasteiger partial charge in [-0.25, -0.2) is 4.98 Å². The first-order chi connectivity index (χ1) is 7.34. The molecule has 0 amide bonds. The predicted molar refractivity (Wildman–Crippen MR) is 71.4 cm³/mol. The fraction of sp³-hybridized carbons (Fsp3) is 0.727. The second-order valence-electron chi connectivity index (χ2n) is 4.21. The maximum absolute atomic E-state index is 4.44. The second kappa shape index (κ2) is 7.22. The SMILES string of the molecule is Cc1csc(CNCC2CCNCC2)n1.Cl. The Morgan fingerprint density at radius 2 is 2.25 bits per heavy atom. The van der Waals surface area contributed by atoms with Crippen LogP contribution in [-0.4, -0.2) is 24.6 Å². The highest BCUT2D eigenvalue weighted by molar-refractivity contribution is 7.09. The highest BCUT2D eigenvalue weighted by atomic mass is 35.5. The van der Waals surface area contributed by atoms with E-state index in [2.05, 4.69) is 21.0 Å². The Hall–Kier alpha value is -0.160. The first-order valence-corrected chi connectivity index (χ1v) is 6.55. The number of hydrogen-bond donors (Lipinski definition) is 2. The van der Waals surface area contributed by atoms with E-state index in [0.29, 0.717) is 0 Å². The quantitative estimate of drug-likeness (QED) is 0.870. The summed E-state index contributed by atoms with van der Waals surface area (Å²) >= 11 is 1.75. The molecule has 0 aliphatic carbocycles. The van der Waals surface area contributed by atoms with Crippen molar-refractivity contribution in [3.8, 4) is 0 Å². The van der Waals surface area contributed by atoms with Gasteiger partial charge in [0.25, 0.3) is 0 Å². The first kappa shape index (κ1) is 13.9. The summed E-state index contributed by atoms with van der Waals surface area (Å²) in [5.74, 6) is 0.854. The van der Waals surface area contributed by atoms with Crippen LogP contribution in [0.5, 0.6) is 0 Å². The van der Waals surface area contributed by atoms with Crippen LogP contribution in [0.1, 0.15) is 23.5 Å². The van der Waals surface area contributed by atoms with Crippen molar-refractivity contribution in [3.05, 3.63) is 16.1 Å². The molecule has 1 saturated heterocycles. The van der Waals surface area contributed by atoms with Crippen LogP contribution in [0.2, 0.25) is 0 Å². The van der Waals surface area contributed by atoms with Gasteiger partial charge in [-0.1, -0.05) is 0 Å². The van der Waals surface area contributed by atoms with E-state index in [0.717, 1.165) is 24.7 Å². The van der Waals surface area contributed by atoms with Crippen molar-refractivity contribution in [1.82, 2.24) is 15.6 Å². The molecule has 1 fully saturated rings. The Balaban J connectivity index is 0.00000128. The Morgan fingerprint density at radius 1 is 1.50 bits per heavy atom. The fourth-order valence-electron chi connectivity index (χ4n) is 1.95. The number of rotatable bonds is 4. The molecule has 0 unspecified atom stereocenters. The molecule has 5 heteroatoms. The Labute approximate surface area is 107 Å². The van der Waals surface area contributed by atoms with Crippen LogP contribution < -0.4 is 10.6 Å². The molecular formula is C11H20ClN3S. The lowest BCUT2D eigenvalue weighted by atomic mass is 9.98. The monoisotopic (exact) mass is 261 g/mol. The minimum Gasteiger partial charge on any atom is -0.317 e. The van der Waals surface area contributed by atoms with Crippen LogP contribution in [-0.2, 0) is 6.54 Å². The Kier molecular flexibility index (Phi) is 6.28. The van der Waals surface area contributed by atoms with E-state index in [-0.39, 0.29) is 12.4 Å². The van der Waals surface area contributed by atoms with Gasteiger partial charge in [0.2, 0.25) is 0 Å². The van der Waals surface area contributed by atoms with Gasteiger partial charge in [0.05, 0.1) is 0 Å². The summed E-state index contributed by atoms with van der Waals surface area (Å²) in [6.07, 6.45) is 2.62. The highest BCUT2D eigenvalue weighted by Crippen LogP contribution is 2.11. The zero-order valence-corrected chi connectivity index (χ0v) is 11.3. The van der Waals surface area contributed by atoms with E-state index >= 15 is 0 Å². The molecule has 0 radical (unpaired) electrons. The largest absolute Gasteiger partial charge is 0.317 e. The summed E-state index contributed by atoms with van der Waals surface area (Å²) in [5.41, 5.74) is 1.14. The third-order valence-electron chi connectivity index (χ3n) is 2.83. The maximum atomic E-state index is 4.44. The lowest BCUT2D eigenvalue weighted by Crippen LogP contribution is -2.33. The van der Waals surface area contributed by atoms with Crippen LogP contribution in [0, 0.1) is 12.8 Å². The van der Waals surface area contributed by atoms with E-state index < -0.39 is 0 Å². The van der Waals surface area contributed by atoms with Crippen LogP contribution >= 0.6 is 23.7 Å². The molecular weight excluding hydrogens is 242 g/mol. The summed E-state index contributed by atoms with van der Waals surface area (Å²) in [6, 6.07) is 0. The summed E-state index contributed by atoms with van der Waals surface area (Å²) in [5, 5.41) is 10.2. The van der Waals surface area contributed by atoms with E-state index in [1.54, 1.807) is 11.3 Å². The molecule has 1 aromatic rings. The smallest absolute Gasteiger partial charge is 0.107 e. The highest BCUT2D eigenvalue weighted by Gasteiger charge is 2.12. The average Bonchev–Trinajstić information content (AvgIpc) is 2.66. The molecule has 92 valence electrons. The molecule has 16 heavy (non-hydrogen) atoms. The topological polar surface area (TPSA) is 37.0 Å². The van der Waals surface area contributed by atoms with Crippen LogP contribution in [0.15, 0.2) is 5.38 Å². The number of nitrogens with one attached hydrogen (secondary N) is 2. The number of thiazole rings is 1. The van der Waals surface area contributed by atoms with E-state index in [9.17, 15) is 0 Å². The third-order valence-corrected chi connectivity index (χ3v) is 3.80. The summed E-state index contributed by atoms with van der Waals surface area (Å²) in [4.78, 5) is 4.44. The van der Waals surface area contributed by atoms with Gasteiger partial charge in [-0.05, 0) is 45.3 Å². The third kappa shape index (κ3) is 4.37. The summed E-state index contributed by atoms with van der Waals surface area (Å²) in [7, 11) is 0. The zero-order chi connectivity index (χ0) is 10.5. The Bertz CT molecular complexity index is 297. The fourth-order valence-corrected chi connectivity index (χ4v) is 2.69. The molecule has 2 heterocycles. The van der Waals surface area contributed by atoms with Gasteiger partial charge in [-0.15, -0.1) is 23.7 Å². The number of aromatic nitrogens is 1. The van der Waals surface area contributed by atoms with E-state index in [4.69, 9.17) is 0 Å². The van der Waals surface area contributed by atoms with Gasteiger partial charge in [0.15, 0.2) is 0 Å². The number of hydrogen-bond acceptors (Lipinski definition) is 4. The molecule has 0 spiro atoms. The van der Waals surface area contributed by atoms with Crippen molar-refractivity contribution < 1.29 is 0 Å². The maximum Gasteiger partial charge on any atom is 0.107 e. The van der Waals surface area contributed by atoms with Crippen molar-refractivity contribution in [2.45, 2.75) is 26.3 Å². The van der Waals surface area contributed by atoms with E-state index in [1.165, 1.54) is 30.9 Å². The van der Waals surface area contributed by atoms with Crippen molar-refractivity contribution in [3.63, 3.8) is 0 Å². The van der Waals surface area contributed by atoms with Crippen molar-refractivity contribution in [2.75, 3.05) is 19.6 Å². The summed E-state index contributed by atoms with van der Waals surface area (Å²) in [6.45, 7) is 6.49. The van der Waals surface area contributed by atoms with E-state index in [1.807, 2.05) is 6.92 Å². The van der Waals surface area contributed by atoms with Gasteiger partial charge in [0.1, 0.15) is 5.01 Å². The van der Waals surface area contributed by atoms with Crippen LogP contribution in [0.3, 0.4) is 0 Å². The minimum absolute atomic E-state index is 0. The number of piperidine rings is 1. The average molecular weight is 262 g/mol. The second-order valence-corrected chi connectivity index (χ2v) is 5.15. The number of aryl methyl sites for hydroxylation is 1. The number of halogens is 1. The van der Waals surface area contributed by atoms with Gasteiger partial charge in [-0.3, -0.25) is 0 Å². The van der Waals surface area contributed by atoms with Crippen LogP contribution in [0.4, 0.5) is 0 Å². The summed E-state index contributed by atoms with van der Waals surface area (Å²) < 4.78 is 0. The van der Waals surface area contributed by atoms with Crippen molar-refractivity contribution in [1.29, 1.82) is 0 Å². The molecule has 0 aromatic carbocycles. The standard InChI is InChI=1S/C11H19N3S.ClH/c1-9-8-15-11(14-9)7-13-6-10-2-4-12-5-3-10;/h8,10,12-13H,2-7H2,1H3;1H. The van der Waals surface area contributed by atoms with Gasteiger partial charge in [-0.2, -0.15) is 0 Å². The molecule has 1 aromatic heterocycles. The number of nitrogens with zero attached hydrogens (tertiary/aromatic N) is 1. The molecule has 1 aliphatic rings. The molecule has 0 atom stereocenters. The first-order valence-electron chi connectivity index (χ1n) is 5.67. The van der Waals surface area contributed by atoms with Gasteiger partial charge >= 0.3 is 0 Å². The molecule has 1 aliphatic heterocycles. The van der Waals surface area contributed by atoms with Gasteiger partial charge in [0, 0.05) is 17.6 Å².